The SMILES string of the molecule is C[C@H](NC(=O)OC(C)(C)C)C1NCCS1. The summed E-state index contributed by atoms with van der Waals surface area (Å²) in [5.74, 6) is 1.10. The van der Waals surface area contributed by atoms with Crippen LogP contribution in [-0.2, 0) is 4.74 Å². The van der Waals surface area contributed by atoms with Crippen LogP contribution < -0.4 is 10.6 Å². The minimum atomic E-state index is -0.431. The first kappa shape index (κ1) is 12.6. The molecule has 0 aromatic carbocycles. The molecule has 88 valence electrons. The second-order valence-corrected chi connectivity index (χ2v) is 5.93. The molecule has 1 unspecified atom stereocenters. The van der Waals surface area contributed by atoms with Gasteiger partial charge in [-0.25, -0.2) is 4.79 Å². The third kappa shape index (κ3) is 4.75. The molecule has 0 spiro atoms. The fourth-order valence-electron chi connectivity index (χ4n) is 1.34. The molecule has 0 aromatic rings. The molecule has 1 fully saturated rings. The van der Waals surface area contributed by atoms with Crippen molar-refractivity contribution in [2.75, 3.05) is 12.3 Å². The fourth-order valence-corrected chi connectivity index (χ4v) is 2.42. The Morgan fingerprint density at radius 2 is 2.27 bits per heavy atom. The van der Waals surface area contributed by atoms with Gasteiger partial charge in [-0.15, -0.1) is 11.8 Å². The predicted octanol–water partition coefficient (Wildman–Crippen LogP) is 1.56. The molecule has 0 aromatic heterocycles. The number of thioether (sulfide) groups is 1. The summed E-state index contributed by atoms with van der Waals surface area (Å²) >= 11 is 1.83. The lowest BCUT2D eigenvalue weighted by Gasteiger charge is -2.24. The van der Waals surface area contributed by atoms with E-state index < -0.39 is 5.60 Å². The quantitative estimate of drug-likeness (QED) is 0.758. The Morgan fingerprint density at radius 3 is 2.73 bits per heavy atom. The summed E-state index contributed by atoms with van der Waals surface area (Å²) in [7, 11) is 0. The zero-order chi connectivity index (χ0) is 11.5. The van der Waals surface area contributed by atoms with Crippen LogP contribution in [0.5, 0.6) is 0 Å². The van der Waals surface area contributed by atoms with Gasteiger partial charge in [0.1, 0.15) is 5.60 Å². The second-order valence-electron chi connectivity index (χ2n) is 4.68. The highest BCUT2D eigenvalue weighted by molar-refractivity contribution is 8.00. The van der Waals surface area contributed by atoms with Gasteiger partial charge in [-0.3, -0.25) is 0 Å². The molecule has 2 atom stereocenters. The fraction of sp³-hybridized carbons (Fsp3) is 0.900. The van der Waals surface area contributed by atoms with E-state index in [2.05, 4.69) is 10.6 Å². The highest BCUT2D eigenvalue weighted by atomic mass is 32.2. The zero-order valence-electron chi connectivity index (χ0n) is 9.79. The van der Waals surface area contributed by atoms with Gasteiger partial charge in [0, 0.05) is 12.3 Å². The highest BCUT2D eigenvalue weighted by Gasteiger charge is 2.24. The van der Waals surface area contributed by atoms with Crippen molar-refractivity contribution in [1.82, 2.24) is 10.6 Å². The van der Waals surface area contributed by atoms with Crippen LogP contribution in [0.25, 0.3) is 0 Å². The molecule has 0 radical (unpaired) electrons. The number of ether oxygens (including phenoxy) is 1. The van der Waals surface area contributed by atoms with Crippen LogP contribution in [0.4, 0.5) is 4.79 Å². The van der Waals surface area contributed by atoms with E-state index in [4.69, 9.17) is 4.74 Å². The van der Waals surface area contributed by atoms with Gasteiger partial charge in [0.25, 0.3) is 0 Å². The average molecular weight is 232 g/mol. The van der Waals surface area contributed by atoms with Crippen LogP contribution in [0.3, 0.4) is 0 Å². The van der Waals surface area contributed by atoms with E-state index in [1.165, 1.54) is 0 Å². The average Bonchev–Trinajstić information content (AvgIpc) is 2.50. The lowest BCUT2D eigenvalue weighted by Crippen LogP contribution is -2.45. The molecule has 1 rings (SSSR count). The van der Waals surface area contributed by atoms with Gasteiger partial charge in [-0.2, -0.15) is 0 Å². The largest absolute Gasteiger partial charge is 0.444 e. The predicted molar refractivity (Wildman–Crippen MR) is 63.1 cm³/mol. The van der Waals surface area contributed by atoms with E-state index in [-0.39, 0.29) is 12.1 Å². The molecule has 4 nitrogen and oxygen atoms in total. The third-order valence-electron chi connectivity index (χ3n) is 1.94. The number of hydrogen-bond donors (Lipinski definition) is 2. The molecular weight excluding hydrogens is 212 g/mol. The van der Waals surface area contributed by atoms with Crippen molar-refractivity contribution < 1.29 is 9.53 Å². The van der Waals surface area contributed by atoms with E-state index in [0.29, 0.717) is 5.37 Å². The molecule has 2 N–H and O–H groups in total. The van der Waals surface area contributed by atoms with Crippen LogP contribution in [-0.4, -0.2) is 35.4 Å². The molecule has 1 aliphatic heterocycles. The van der Waals surface area contributed by atoms with E-state index >= 15 is 0 Å². The van der Waals surface area contributed by atoms with Gasteiger partial charge in [-0.05, 0) is 27.7 Å². The van der Waals surface area contributed by atoms with Gasteiger partial charge in [0.05, 0.1) is 11.4 Å². The lowest BCUT2D eigenvalue weighted by atomic mass is 10.2. The minimum Gasteiger partial charge on any atom is -0.444 e. The van der Waals surface area contributed by atoms with Crippen molar-refractivity contribution in [1.29, 1.82) is 0 Å². The number of nitrogens with one attached hydrogen (secondary N) is 2. The van der Waals surface area contributed by atoms with Crippen molar-refractivity contribution >= 4 is 17.9 Å². The summed E-state index contributed by atoms with van der Waals surface area (Å²) in [6, 6.07) is 0.0901. The Balaban J connectivity index is 2.30. The van der Waals surface area contributed by atoms with Crippen LogP contribution in [0.2, 0.25) is 0 Å². The van der Waals surface area contributed by atoms with E-state index in [1.54, 1.807) is 0 Å². The highest BCUT2D eigenvalue weighted by Crippen LogP contribution is 2.17. The number of hydrogen-bond acceptors (Lipinski definition) is 4. The summed E-state index contributed by atoms with van der Waals surface area (Å²) in [6.45, 7) is 8.58. The first-order chi connectivity index (χ1) is 6.88. The van der Waals surface area contributed by atoms with Gasteiger partial charge >= 0.3 is 6.09 Å². The van der Waals surface area contributed by atoms with Gasteiger partial charge < -0.3 is 15.4 Å². The number of amides is 1. The number of rotatable bonds is 2. The van der Waals surface area contributed by atoms with Crippen molar-refractivity contribution in [2.45, 2.75) is 44.7 Å². The molecule has 1 heterocycles. The maximum Gasteiger partial charge on any atom is 0.407 e. The van der Waals surface area contributed by atoms with Crippen LogP contribution in [0.1, 0.15) is 27.7 Å². The van der Waals surface area contributed by atoms with Crippen molar-refractivity contribution in [3.05, 3.63) is 0 Å². The Hall–Kier alpha value is -0.420. The summed E-state index contributed by atoms with van der Waals surface area (Å²) in [6.07, 6.45) is -0.343. The molecule has 1 aliphatic rings. The maximum atomic E-state index is 11.5. The van der Waals surface area contributed by atoms with E-state index in [9.17, 15) is 4.79 Å². The smallest absolute Gasteiger partial charge is 0.407 e. The van der Waals surface area contributed by atoms with Crippen LogP contribution in [0.15, 0.2) is 0 Å². The van der Waals surface area contributed by atoms with Crippen molar-refractivity contribution in [2.24, 2.45) is 0 Å². The summed E-state index contributed by atoms with van der Waals surface area (Å²) < 4.78 is 5.18. The molecule has 1 saturated heterocycles. The monoisotopic (exact) mass is 232 g/mol. The topological polar surface area (TPSA) is 50.4 Å². The lowest BCUT2D eigenvalue weighted by molar-refractivity contribution is 0.0506. The maximum absolute atomic E-state index is 11.5. The molecule has 0 saturated carbocycles. The third-order valence-corrected chi connectivity index (χ3v) is 3.32. The standard InChI is InChI=1S/C10H20N2O2S/c1-7(8-11-5-6-15-8)12-9(13)14-10(2,3)4/h7-8,11H,5-6H2,1-4H3,(H,12,13)/t7-,8?/m0/s1. The van der Waals surface area contributed by atoms with Gasteiger partial charge in [-0.1, -0.05) is 0 Å². The Bertz CT molecular complexity index is 222. The first-order valence-electron chi connectivity index (χ1n) is 5.23. The number of alkyl carbamates (subject to hydrolysis) is 1. The van der Waals surface area contributed by atoms with Crippen LogP contribution >= 0.6 is 11.8 Å². The van der Waals surface area contributed by atoms with Gasteiger partial charge in [0.2, 0.25) is 0 Å². The second kappa shape index (κ2) is 5.07. The first-order valence-corrected chi connectivity index (χ1v) is 6.28. The molecule has 0 aliphatic carbocycles. The van der Waals surface area contributed by atoms with Crippen molar-refractivity contribution in [3.8, 4) is 0 Å². The summed E-state index contributed by atoms with van der Waals surface area (Å²) in [5.41, 5.74) is -0.431. The molecule has 1 amide bonds. The minimum absolute atomic E-state index is 0.0901. The summed E-state index contributed by atoms with van der Waals surface area (Å²) in [4.78, 5) is 11.5. The molecule has 15 heavy (non-hydrogen) atoms. The van der Waals surface area contributed by atoms with Gasteiger partial charge in [0.15, 0.2) is 0 Å². The van der Waals surface area contributed by atoms with E-state index in [0.717, 1.165) is 12.3 Å². The molecule has 0 bridgehead atoms. The molecule has 5 heteroatoms. The van der Waals surface area contributed by atoms with E-state index in [1.807, 2.05) is 39.5 Å². The number of carbonyl (C=O) groups is 1. The number of carbonyl (C=O) groups excluding carboxylic acids is 1. The Labute approximate surface area is 95.5 Å². The Kier molecular flexibility index (Phi) is 4.28. The molecular formula is C10H20N2O2S. The van der Waals surface area contributed by atoms with Crippen LogP contribution in [0, 0.1) is 0 Å². The van der Waals surface area contributed by atoms with Crippen molar-refractivity contribution in [3.63, 3.8) is 0 Å². The Morgan fingerprint density at radius 1 is 1.60 bits per heavy atom. The zero-order valence-corrected chi connectivity index (χ0v) is 10.6. The summed E-state index contributed by atoms with van der Waals surface area (Å²) in [5, 5.41) is 6.45. The normalized spacial score (nSPS) is 23.6.